The van der Waals surface area contributed by atoms with Crippen LogP contribution in [0, 0.1) is 5.82 Å². The van der Waals surface area contributed by atoms with Gasteiger partial charge in [0.05, 0.1) is 11.6 Å². The second-order valence-corrected chi connectivity index (χ2v) is 5.30. The molecule has 0 saturated carbocycles. The summed E-state index contributed by atoms with van der Waals surface area (Å²) in [5.41, 5.74) is 1.33. The molecule has 0 aliphatic rings. The lowest BCUT2D eigenvalue weighted by atomic mass is 10.1. The van der Waals surface area contributed by atoms with Gasteiger partial charge in [0.15, 0.2) is 0 Å². The SMILES string of the molecule is O=C(CNC(=O)c1ccccc1)NCCc1ccc(F)c(Cl)c1. The molecule has 0 spiro atoms. The van der Waals surface area contributed by atoms with Crippen LogP contribution in [0.25, 0.3) is 0 Å². The Bertz CT molecular complexity index is 692. The Kier molecular flexibility index (Phi) is 6.11. The van der Waals surface area contributed by atoms with Gasteiger partial charge < -0.3 is 10.6 Å². The van der Waals surface area contributed by atoms with Gasteiger partial charge in [-0.25, -0.2) is 4.39 Å². The highest BCUT2D eigenvalue weighted by Crippen LogP contribution is 2.15. The highest BCUT2D eigenvalue weighted by Gasteiger charge is 2.07. The van der Waals surface area contributed by atoms with Crippen LogP contribution in [-0.2, 0) is 11.2 Å². The molecular formula is C17H16ClFN2O2. The third kappa shape index (κ3) is 5.38. The summed E-state index contributed by atoms with van der Waals surface area (Å²) in [5, 5.41) is 5.28. The van der Waals surface area contributed by atoms with E-state index in [9.17, 15) is 14.0 Å². The van der Waals surface area contributed by atoms with Gasteiger partial charge in [0.2, 0.25) is 5.91 Å². The summed E-state index contributed by atoms with van der Waals surface area (Å²) in [6.07, 6.45) is 0.526. The van der Waals surface area contributed by atoms with Crippen LogP contribution in [0.5, 0.6) is 0 Å². The third-order valence-corrected chi connectivity index (χ3v) is 3.45. The number of benzene rings is 2. The van der Waals surface area contributed by atoms with E-state index in [1.165, 1.54) is 12.1 Å². The molecule has 0 aliphatic heterocycles. The van der Waals surface area contributed by atoms with Crippen molar-refractivity contribution in [3.8, 4) is 0 Å². The Morgan fingerprint density at radius 3 is 2.48 bits per heavy atom. The summed E-state index contributed by atoms with van der Waals surface area (Å²) in [4.78, 5) is 23.5. The van der Waals surface area contributed by atoms with Gasteiger partial charge in [-0.2, -0.15) is 0 Å². The molecule has 2 aromatic carbocycles. The van der Waals surface area contributed by atoms with E-state index >= 15 is 0 Å². The Balaban J connectivity index is 1.71. The first kappa shape index (κ1) is 17.0. The molecule has 0 aliphatic carbocycles. The quantitative estimate of drug-likeness (QED) is 0.853. The lowest BCUT2D eigenvalue weighted by Crippen LogP contribution is -2.37. The van der Waals surface area contributed by atoms with Gasteiger partial charge in [-0.3, -0.25) is 9.59 Å². The summed E-state index contributed by atoms with van der Waals surface area (Å²) in [7, 11) is 0. The molecule has 2 aromatic rings. The molecule has 23 heavy (non-hydrogen) atoms. The zero-order valence-electron chi connectivity index (χ0n) is 12.3. The van der Waals surface area contributed by atoms with E-state index in [0.717, 1.165) is 5.56 Å². The molecule has 2 rings (SSSR count). The van der Waals surface area contributed by atoms with Crippen molar-refractivity contribution >= 4 is 23.4 Å². The van der Waals surface area contributed by atoms with Crippen LogP contribution in [0.1, 0.15) is 15.9 Å². The standard InChI is InChI=1S/C17H16ClFN2O2/c18-14-10-12(6-7-15(14)19)8-9-20-16(22)11-21-17(23)13-4-2-1-3-5-13/h1-7,10H,8-9,11H2,(H,20,22)(H,21,23). The minimum absolute atomic E-state index is 0.0592. The van der Waals surface area contributed by atoms with E-state index in [0.29, 0.717) is 18.5 Å². The number of hydrogen-bond donors (Lipinski definition) is 2. The number of nitrogens with one attached hydrogen (secondary N) is 2. The van der Waals surface area contributed by atoms with Crippen LogP contribution < -0.4 is 10.6 Å². The van der Waals surface area contributed by atoms with Crippen molar-refractivity contribution in [3.63, 3.8) is 0 Å². The van der Waals surface area contributed by atoms with Gasteiger partial charge in [-0.05, 0) is 36.2 Å². The third-order valence-electron chi connectivity index (χ3n) is 3.17. The van der Waals surface area contributed by atoms with Crippen LogP contribution in [-0.4, -0.2) is 24.9 Å². The number of halogens is 2. The molecule has 0 radical (unpaired) electrons. The van der Waals surface area contributed by atoms with Crippen molar-refractivity contribution in [3.05, 3.63) is 70.5 Å². The van der Waals surface area contributed by atoms with Gasteiger partial charge in [0, 0.05) is 12.1 Å². The maximum absolute atomic E-state index is 13.0. The van der Waals surface area contributed by atoms with Crippen molar-refractivity contribution < 1.29 is 14.0 Å². The molecule has 2 N–H and O–H groups in total. The maximum Gasteiger partial charge on any atom is 0.251 e. The molecular weight excluding hydrogens is 319 g/mol. The summed E-state index contributed by atoms with van der Waals surface area (Å²) in [5.74, 6) is -1.06. The van der Waals surface area contributed by atoms with Crippen LogP contribution in [0.4, 0.5) is 4.39 Å². The first-order valence-corrected chi connectivity index (χ1v) is 7.48. The second kappa shape index (κ2) is 8.29. The highest BCUT2D eigenvalue weighted by atomic mass is 35.5. The lowest BCUT2D eigenvalue weighted by molar-refractivity contribution is -0.120. The minimum atomic E-state index is -0.469. The Morgan fingerprint density at radius 1 is 1.04 bits per heavy atom. The Morgan fingerprint density at radius 2 is 1.78 bits per heavy atom. The van der Waals surface area contributed by atoms with Gasteiger partial charge in [-0.15, -0.1) is 0 Å². The number of hydrogen-bond acceptors (Lipinski definition) is 2. The van der Waals surface area contributed by atoms with Crippen LogP contribution in [0.2, 0.25) is 5.02 Å². The molecule has 0 atom stereocenters. The normalized spacial score (nSPS) is 10.2. The fourth-order valence-electron chi connectivity index (χ4n) is 1.96. The van der Waals surface area contributed by atoms with Gasteiger partial charge >= 0.3 is 0 Å². The van der Waals surface area contributed by atoms with Gasteiger partial charge in [0.1, 0.15) is 5.82 Å². The maximum atomic E-state index is 13.0. The van der Waals surface area contributed by atoms with E-state index in [2.05, 4.69) is 10.6 Å². The van der Waals surface area contributed by atoms with Gasteiger partial charge in [0.25, 0.3) is 5.91 Å². The van der Waals surface area contributed by atoms with Crippen LogP contribution in [0.15, 0.2) is 48.5 Å². The molecule has 0 saturated heterocycles. The minimum Gasteiger partial charge on any atom is -0.354 e. The molecule has 120 valence electrons. The van der Waals surface area contributed by atoms with Crippen molar-refractivity contribution in [1.82, 2.24) is 10.6 Å². The van der Waals surface area contributed by atoms with Crippen molar-refractivity contribution in [2.45, 2.75) is 6.42 Å². The first-order chi connectivity index (χ1) is 11.1. The zero-order valence-corrected chi connectivity index (χ0v) is 13.1. The molecule has 0 aromatic heterocycles. The van der Waals surface area contributed by atoms with E-state index in [1.54, 1.807) is 30.3 Å². The molecule has 6 heteroatoms. The number of carbonyl (C=O) groups excluding carboxylic acids is 2. The second-order valence-electron chi connectivity index (χ2n) is 4.90. The smallest absolute Gasteiger partial charge is 0.251 e. The number of amides is 2. The summed E-state index contributed by atoms with van der Waals surface area (Å²) in [6, 6.07) is 13.1. The number of carbonyl (C=O) groups is 2. The Labute approximate surface area is 138 Å². The monoisotopic (exact) mass is 334 g/mol. The molecule has 2 amide bonds. The predicted octanol–water partition coefficient (Wildman–Crippen LogP) is 2.57. The Hall–Kier alpha value is -2.40. The van der Waals surface area contributed by atoms with Crippen LogP contribution in [0.3, 0.4) is 0 Å². The molecule has 0 fully saturated rings. The van der Waals surface area contributed by atoms with Crippen molar-refractivity contribution in [1.29, 1.82) is 0 Å². The topological polar surface area (TPSA) is 58.2 Å². The average Bonchev–Trinajstić information content (AvgIpc) is 2.56. The van der Waals surface area contributed by atoms with E-state index < -0.39 is 5.82 Å². The zero-order chi connectivity index (χ0) is 16.7. The predicted molar refractivity (Wildman–Crippen MR) is 86.9 cm³/mol. The largest absolute Gasteiger partial charge is 0.354 e. The molecule has 4 nitrogen and oxygen atoms in total. The first-order valence-electron chi connectivity index (χ1n) is 7.10. The fourth-order valence-corrected chi connectivity index (χ4v) is 2.16. The van der Waals surface area contributed by atoms with E-state index in [-0.39, 0.29) is 23.4 Å². The fraction of sp³-hybridized carbons (Fsp3) is 0.176. The van der Waals surface area contributed by atoms with Crippen molar-refractivity contribution in [2.24, 2.45) is 0 Å². The summed E-state index contributed by atoms with van der Waals surface area (Å²) < 4.78 is 13.0. The van der Waals surface area contributed by atoms with E-state index in [4.69, 9.17) is 11.6 Å². The van der Waals surface area contributed by atoms with Crippen LogP contribution >= 0.6 is 11.6 Å². The average molecular weight is 335 g/mol. The van der Waals surface area contributed by atoms with E-state index in [1.807, 2.05) is 6.07 Å². The summed E-state index contributed by atoms with van der Waals surface area (Å²) >= 11 is 5.69. The van der Waals surface area contributed by atoms with Crippen molar-refractivity contribution in [2.75, 3.05) is 13.1 Å². The molecule has 0 heterocycles. The lowest BCUT2D eigenvalue weighted by Gasteiger charge is -2.07. The number of rotatable bonds is 6. The highest BCUT2D eigenvalue weighted by molar-refractivity contribution is 6.30. The summed E-state index contributed by atoms with van der Waals surface area (Å²) in [6.45, 7) is 0.278. The molecule has 0 bridgehead atoms. The van der Waals surface area contributed by atoms with Gasteiger partial charge in [-0.1, -0.05) is 35.9 Å². The molecule has 0 unspecified atom stereocenters.